The van der Waals surface area contributed by atoms with E-state index in [0.717, 1.165) is 25.9 Å². The van der Waals surface area contributed by atoms with Crippen molar-refractivity contribution in [1.82, 2.24) is 10.2 Å². The number of rotatable bonds is 5. The average Bonchev–Trinajstić information content (AvgIpc) is 2.95. The molecule has 0 bridgehead atoms. The first-order valence-corrected chi connectivity index (χ1v) is 9.58. The Kier molecular flexibility index (Phi) is 6.46. The smallest absolute Gasteiger partial charge is 0.251 e. The zero-order chi connectivity index (χ0) is 19.4. The molecule has 7 nitrogen and oxygen atoms in total. The summed E-state index contributed by atoms with van der Waals surface area (Å²) in [5, 5.41) is 23.2. The molecule has 0 aromatic heterocycles. The zero-order valence-electron chi connectivity index (χ0n) is 15.6. The van der Waals surface area contributed by atoms with Crippen LogP contribution in [-0.2, 0) is 9.53 Å². The number of hydrogen-bond donors (Lipinski definition) is 3. The molecule has 4 unspecified atom stereocenters. The van der Waals surface area contributed by atoms with Gasteiger partial charge in [0.25, 0.3) is 5.91 Å². The summed E-state index contributed by atoms with van der Waals surface area (Å²) in [5.74, 6) is 0.289. The maximum absolute atomic E-state index is 12.5. The van der Waals surface area contributed by atoms with E-state index < -0.39 is 24.4 Å². The predicted molar refractivity (Wildman–Crippen MR) is 99.0 cm³/mol. The molecule has 4 atom stereocenters. The molecule has 27 heavy (non-hydrogen) atoms. The number of carbonyl (C=O) groups excluding carboxylic acids is 2. The van der Waals surface area contributed by atoms with Crippen LogP contribution in [0.25, 0.3) is 0 Å². The van der Waals surface area contributed by atoms with E-state index in [0.29, 0.717) is 11.5 Å². The highest BCUT2D eigenvalue weighted by Crippen LogP contribution is 2.25. The van der Waals surface area contributed by atoms with E-state index >= 15 is 0 Å². The quantitative estimate of drug-likeness (QED) is 0.697. The Morgan fingerprint density at radius 3 is 2.41 bits per heavy atom. The van der Waals surface area contributed by atoms with Gasteiger partial charge < -0.3 is 25.2 Å². The number of likely N-dealkylation sites (tertiary alicyclic amines) is 1. The Bertz CT molecular complexity index is 645. The van der Waals surface area contributed by atoms with E-state index in [2.05, 4.69) is 12.2 Å². The van der Waals surface area contributed by atoms with Gasteiger partial charge in [-0.25, -0.2) is 0 Å². The molecule has 2 fully saturated rings. The van der Waals surface area contributed by atoms with Crippen LogP contribution in [0.15, 0.2) is 30.3 Å². The van der Waals surface area contributed by atoms with Crippen molar-refractivity contribution >= 4 is 11.8 Å². The molecular formula is C20H28N2O5. The first-order valence-electron chi connectivity index (χ1n) is 9.58. The first kappa shape index (κ1) is 19.8. The molecule has 2 aliphatic rings. The summed E-state index contributed by atoms with van der Waals surface area (Å²) in [6.07, 6.45) is -1.78. The van der Waals surface area contributed by atoms with E-state index in [1.165, 1.54) is 0 Å². The minimum absolute atomic E-state index is 0.0374. The number of carbonyl (C=O) groups is 2. The topological polar surface area (TPSA) is 99.1 Å². The van der Waals surface area contributed by atoms with Gasteiger partial charge in [0.2, 0.25) is 5.91 Å². The monoisotopic (exact) mass is 376 g/mol. The molecule has 2 aliphatic heterocycles. The third kappa shape index (κ3) is 4.86. The predicted octanol–water partition coefficient (Wildman–Crippen LogP) is 0.554. The molecule has 3 rings (SSSR count). The summed E-state index contributed by atoms with van der Waals surface area (Å²) in [4.78, 5) is 26.4. The molecule has 7 heteroatoms. The molecule has 0 radical (unpaired) electrons. The Morgan fingerprint density at radius 2 is 1.74 bits per heavy atom. The SMILES string of the molecule is CC1CCN(C(=O)CC2OC(CNC(=O)c3ccccc3)C(O)C2O)CC1. The van der Waals surface area contributed by atoms with Crippen molar-refractivity contribution in [2.75, 3.05) is 19.6 Å². The number of hydrogen-bond acceptors (Lipinski definition) is 5. The second-order valence-electron chi connectivity index (χ2n) is 7.54. The van der Waals surface area contributed by atoms with E-state index in [4.69, 9.17) is 4.74 Å². The Hall–Kier alpha value is -1.96. The van der Waals surface area contributed by atoms with Gasteiger partial charge >= 0.3 is 0 Å². The van der Waals surface area contributed by atoms with Crippen molar-refractivity contribution in [3.63, 3.8) is 0 Å². The lowest BCUT2D eigenvalue weighted by molar-refractivity contribution is -0.136. The molecule has 1 aromatic carbocycles. The number of aliphatic hydroxyl groups is 2. The van der Waals surface area contributed by atoms with Gasteiger partial charge in [0.15, 0.2) is 0 Å². The van der Waals surface area contributed by atoms with E-state index in [1.54, 1.807) is 29.2 Å². The van der Waals surface area contributed by atoms with E-state index in [-0.39, 0.29) is 24.8 Å². The number of piperidine rings is 1. The maximum Gasteiger partial charge on any atom is 0.251 e. The summed E-state index contributed by atoms with van der Waals surface area (Å²) in [6, 6.07) is 8.74. The van der Waals surface area contributed by atoms with Crippen LogP contribution in [0.4, 0.5) is 0 Å². The van der Waals surface area contributed by atoms with Gasteiger partial charge in [0.05, 0.1) is 12.5 Å². The molecule has 2 saturated heterocycles. The lowest BCUT2D eigenvalue weighted by Gasteiger charge is -2.31. The number of nitrogens with zero attached hydrogens (tertiary/aromatic N) is 1. The van der Waals surface area contributed by atoms with Gasteiger partial charge in [-0.1, -0.05) is 25.1 Å². The van der Waals surface area contributed by atoms with Crippen LogP contribution >= 0.6 is 0 Å². The fourth-order valence-corrected chi connectivity index (χ4v) is 3.61. The third-order valence-corrected chi connectivity index (χ3v) is 5.47. The van der Waals surface area contributed by atoms with Gasteiger partial charge in [-0.05, 0) is 30.9 Å². The molecule has 0 spiro atoms. The van der Waals surface area contributed by atoms with E-state index in [1.807, 2.05) is 6.07 Å². The summed E-state index contributed by atoms with van der Waals surface area (Å²) >= 11 is 0. The number of benzene rings is 1. The number of aliphatic hydroxyl groups excluding tert-OH is 2. The highest BCUT2D eigenvalue weighted by atomic mass is 16.5. The first-order chi connectivity index (χ1) is 13.0. The summed E-state index contributed by atoms with van der Waals surface area (Å²) in [7, 11) is 0. The van der Waals surface area contributed by atoms with Crippen molar-refractivity contribution in [3.05, 3.63) is 35.9 Å². The fraction of sp³-hybridized carbons (Fsp3) is 0.600. The van der Waals surface area contributed by atoms with Gasteiger partial charge in [-0.15, -0.1) is 0 Å². The van der Waals surface area contributed by atoms with Crippen molar-refractivity contribution in [2.24, 2.45) is 5.92 Å². The van der Waals surface area contributed by atoms with Crippen LogP contribution in [0.1, 0.15) is 36.5 Å². The van der Waals surface area contributed by atoms with Crippen LogP contribution in [0.5, 0.6) is 0 Å². The second kappa shape index (κ2) is 8.82. The highest BCUT2D eigenvalue weighted by Gasteiger charge is 2.43. The van der Waals surface area contributed by atoms with Crippen molar-refractivity contribution in [3.8, 4) is 0 Å². The maximum atomic E-state index is 12.5. The largest absolute Gasteiger partial charge is 0.388 e. The van der Waals surface area contributed by atoms with Gasteiger partial charge in [-0.3, -0.25) is 9.59 Å². The van der Waals surface area contributed by atoms with Crippen molar-refractivity contribution in [2.45, 2.75) is 50.6 Å². The zero-order valence-corrected chi connectivity index (χ0v) is 15.6. The minimum atomic E-state index is -1.14. The lowest BCUT2D eigenvalue weighted by atomic mass is 9.98. The third-order valence-electron chi connectivity index (χ3n) is 5.47. The molecule has 2 amide bonds. The number of ether oxygens (including phenoxy) is 1. The Balaban J connectivity index is 1.49. The number of amides is 2. The van der Waals surface area contributed by atoms with Crippen molar-refractivity contribution < 1.29 is 24.5 Å². The second-order valence-corrected chi connectivity index (χ2v) is 7.54. The Labute approximate surface area is 159 Å². The molecule has 0 aliphatic carbocycles. The van der Waals surface area contributed by atoms with Gasteiger partial charge in [0.1, 0.15) is 18.3 Å². The minimum Gasteiger partial charge on any atom is -0.388 e. The fourth-order valence-electron chi connectivity index (χ4n) is 3.61. The molecular weight excluding hydrogens is 348 g/mol. The van der Waals surface area contributed by atoms with Crippen LogP contribution in [0, 0.1) is 5.92 Å². The van der Waals surface area contributed by atoms with Gasteiger partial charge in [0, 0.05) is 25.2 Å². The van der Waals surface area contributed by atoms with Crippen LogP contribution in [0.3, 0.4) is 0 Å². The standard InChI is InChI=1S/C20H28N2O5/c1-13-7-9-22(10-8-13)17(23)11-15-18(24)19(25)16(27-15)12-21-20(26)14-5-3-2-4-6-14/h2-6,13,15-16,18-19,24-25H,7-12H2,1H3,(H,21,26). The molecule has 3 N–H and O–H groups in total. The summed E-state index contributed by atoms with van der Waals surface area (Å²) in [6.45, 7) is 3.69. The lowest BCUT2D eigenvalue weighted by Crippen LogP contribution is -2.41. The van der Waals surface area contributed by atoms with Crippen LogP contribution in [0.2, 0.25) is 0 Å². The Morgan fingerprint density at radius 1 is 1.11 bits per heavy atom. The highest BCUT2D eigenvalue weighted by molar-refractivity contribution is 5.94. The number of nitrogens with one attached hydrogen (secondary N) is 1. The normalized spacial score (nSPS) is 28.9. The van der Waals surface area contributed by atoms with Crippen LogP contribution in [-0.4, -0.2) is 71.0 Å². The average molecular weight is 376 g/mol. The van der Waals surface area contributed by atoms with E-state index in [9.17, 15) is 19.8 Å². The molecule has 148 valence electrons. The summed E-state index contributed by atoms with van der Waals surface area (Å²) < 4.78 is 5.69. The summed E-state index contributed by atoms with van der Waals surface area (Å²) in [5.41, 5.74) is 0.511. The molecule has 0 saturated carbocycles. The van der Waals surface area contributed by atoms with Crippen molar-refractivity contribution in [1.29, 1.82) is 0 Å². The van der Waals surface area contributed by atoms with Gasteiger partial charge in [-0.2, -0.15) is 0 Å². The molecule has 1 aromatic rings. The van der Waals surface area contributed by atoms with Crippen LogP contribution < -0.4 is 5.32 Å². The molecule has 2 heterocycles.